The summed E-state index contributed by atoms with van der Waals surface area (Å²) in [6, 6.07) is 1.78. The second-order valence-electron chi connectivity index (χ2n) is 8.38. The molecule has 13 nitrogen and oxygen atoms in total. The van der Waals surface area contributed by atoms with Crippen molar-refractivity contribution in [3.05, 3.63) is 48.1 Å². The highest BCUT2D eigenvalue weighted by molar-refractivity contribution is 7.55. The number of allylic oxidation sites excluding steroid dienone is 1. The topological polar surface area (TPSA) is 146 Å². The van der Waals surface area contributed by atoms with E-state index in [9.17, 15) is 32.6 Å². The molecule has 0 bridgehead atoms. The maximum atomic E-state index is 15.0. The number of carbonyl (C=O) groups is 3. The fraction of sp³-hybridized carbons (Fsp3) is 0.333. The highest BCUT2D eigenvalue weighted by Gasteiger charge is 2.43. The highest BCUT2D eigenvalue weighted by Crippen LogP contribution is 2.49. The van der Waals surface area contributed by atoms with E-state index in [1.165, 1.54) is 20.2 Å². The van der Waals surface area contributed by atoms with Crippen LogP contribution in [0.4, 0.5) is 40.0 Å². The van der Waals surface area contributed by atoms with E-state index in [0.29, 0.717) is 15.6 Å². The molecule has 3 heterocycles. The minimum Gasteiger partial charge on any atom is -0.442 e. The van der Waals surface area contributed by atoms with Gasteiger partial charge in [-0.15, -0.1) is 0 Å². The van der Waals surface area contributed by atoms with Crippen molar-refractivity contribution in [2.75, 3.05) is 48.2 Å². The van der Waals surface area contributed by atoms with Crippen LogP contribution in [0.3, 0.4) is 0 Å². The van der Waals surface area contributed by atoms with Gasteiger partial charge in [-0.2, -0.15) is 0 Å². The molecular weight excluding hydrogens is 538 g/mol. The van der Waals surface area contributed by atoms with Gasteiger partial charge in [-0.1, -0.05) is 5.16 Å². The molecule has 1 aromatic heterocycles. The third kappa shape index (κ3) is 5.31. The molecule has 2 aliphatic rings. The van der Waals surface area contributed by atoms with Crippen LogP contribution < -0.4 is 14.5 Å². The van der Waals surface area contributed by atoms with Crippen LogP contribution in [0.15, 0.2) is 35.2 Å². The lowest BCUT2D eigenvalue weighted by atomic mass is 10.1. The highest BCUT2D eigenvalue weighted by atomic mass is 31.2. The molecule has 1 fully saturated rings. The summed E-state index contributed by atoms with van der Waals surface area (Å²) in [6.45, 7) is -1.17. The number of amides is 2. The fourth-order valence-electron chi connectivity index (χ4n) is 3.69. The molecule has 0 saturated carbocycles. The third-order valence-electron chi connectivity index (χ3n) is 5.54. The molecule has 1 aromatic carbocycles. The Bertz CT molecular complexity index is 1340. The van der Waals surface area contributed by atoms with Crippen LogP contribution in [0, 0.1) is 17.5 Å². The summed E-state index contributed by atoms with van der Waals surface area (Å²) >= 11 is 0. The van der Waals surface area contributed by atoms with Crippen LogP contribution in [0.1, 0.15) is 6.42 Å². The summed E-state index contributed by atoms with van der Waals surface area (Å²) < 4.78 is 72.8. The monoisotopic (exact) mass is 559 g/mol. The van der Waals surface area contributed by atoms with E-state index in [4.69, 9.17) is 4.74 Å². The molecule has 17 heteroatoms. The quantitative estimate of drug-likeness (QED) is 0.395. The molecule has 0 aliphatic carbocycles. The lowest BCUT2D eigenvalue weighted by Crippen LogP contribution is -2.35. The predicted molar refractivity (Wildman–Crippen MR) is 124 cm³/mol. The number of carbonyl (C=O) groups excluding carboxylic acids is 3. The summed E-state index contributed by atoms with van der Waals surface area (Å²) in [5, 5.41) is 3.54. The number of benzene rings is 1. The number of ketones is 1. The Kier molecular flexibility index (Phi) is 7.37. The SMILES string of the molecule is CN(C)C(=O)OP(=O)(O)N(CC1CN(c2cc(F)c(N3C=CC(=O)CC3)c(F)c2F)C(=O)O1)c1ccon1. The maximum absolute atomic E-state index is 15.0. The van der Waals surface area contributed by atoms with Gasteiger partial charge in [0, 0.05) is 45.4 Å². The van der Waals surface area contributed by atoms with Gasteiger partial charge in [-0.25, -0.2) is 32.0 Å². The maximum Gasteiger partial charge on any atom is 0.491 e. The van der Waals surface area contributed by atoms with E-state index in [2.05, 4.69) is 14.2 Å². The predicted octanol–water partition coefficient (Wildman–Crippen LogP) is 3.02. The zero-order valence-electron chi connectivity index (χ0n) is 19.9. The molecule has 2 amide bonds. The average Bonchev–Trinajstić information content (AvgIpc) is 3.50. The van der Waals surface area contributed by atoms with Gasteiger partial charge in [0.2, 0.25) is 0 Å². The first-order chi connectivity index (χ1) is 17.9. The van der Waals surface area contributed by atoms with Crippen LogP contribution in [-0.4, -0.2) is 72.8 Å². The summed E-state index contributed by atoms with van der Waals surface area (Å²) in [4.78, 5) is 48.8. The van der Waals surface area contributed by atoms with Crippen molar-refractivity contribution in [2.45, 2.75) is 12.5 Å². The zero-order chi connectivity index (χ0) is 27.8. The number of hydrogen-bond donors (Lipinski definition) is 1. The Hall–Kier alpha value is -4.04. The van der Waals surface area contributed by atoms with Gasteiger partial charge in [-0.05, 0) is 6.08 Å². The van der Waals surface area contributed by atoms with Crippen LogP contribution in [0.2, 0.25) is 0 Å². The Morgan fingerprint density at radius 3 is 2.63 bits per heavy atom. The molecule has 2 unspecified atom stereocenters. The number of halogens is 3. The van der Waals surface area contributed by atoms with Gasteiger partial charge in [0.15, 0.2) is 29.1 Å². The molecule has 2 aromatic rings. The third-order valence-corrected chi connectivity index (χ3v) is 6.91. The Morgan fingerprint density at radius 1 is 1.29 bits per heavy atom. The Morgan fingerprint density at radius 2 is 2.03 bits per heavy atom. The molecule has 1 saturated heterocycles. The van der Waals surface area contributed by atoms with Gasteiger partial charge in [-0.3, -0.25) is 14.6 Å². The average molecular weight is 559 g/mol. The van der Waals surface area contributed by atoms with Crippen molar-refractivity contribution in [3.8, 4) is 0 Å². The number of anilines is 3. The summed E-state index contributed by atoms with van der Waals surface area (Å²) in [5.41, 5.74) is -1.51. The minimum atomic E-state index is -4.94. The first kappa shape index (κ1) is 27.0. The van der Waals surface area contributed by atoms with Crippen molar-refractivity contribution < 1.29 is 50.8 Å². The van der Waals surface area contributed by atoms with Crippen LogP contribution in [0.5, 0.6) is 0 Å². The molecule has 38 heavy (non-hydrogen) atoms. The van der Waals surface area contributed by atoms with Gasteiger partial charge in [0.05, 0.1) is 18.8 Å². The first-order valence-corrected chi connectivity index (χ1v) is 12.5. The van der Waals surface area contributed by atoms with Crippen molar-refractivity contribution in [2.24, 2.45) is 0 Å². The fourth-order valence-corrected chi connectivity index (χ4v) is 4.90. The number of rotatable bonds is 7. The van der Waals surface area contributed by atoms with E-state index >= 15 is 4.39 Å². The molecule has 0 radical (unpaired) electrons. The first-order valence-electron chi connectivity index (χ1n) is 10.9. The second kappa shape index (κ2) is 10.4. The number of hydrogen-bond acceptors (Lipinski definition) is 9. The second-order valence-corrected chi connectivity index (χ2v) is 10.0. The van der Waals surface area contributed by atoms with E-state index in [1.54, 1.807) is 0 Å². The lowest BCUT2D eigenvalue weighted by molar-refractivity contribution is -0.114. The van der Waals surface area contributed by atoms with Crippen LogP contribution in [0.25, 0.3) is 0 Å². The number of nitrogens with zero attached hydrogens (tertiary/aromatic N) is 5. The molecule has 1 N–H and O–H groups in total. The molecule has 204 valence electrons. The number of ether oxygens (including phenoxy) is 1. The van der Waals surface area contributed by atoms with E-state index in [-0.39, 0.29) is 24.6 Å². The molecule has 2 atom stereocenters. The summed E-state index contributed by atoms with van der Waals surface area (Å²) in [7, 11) is -2.38. The van der Waals surface area contributed by atoms with Gasteiger partial charge >= 0.3 is 19.9 Å². The molecule has 0 spiro atoms. The lowest BCUT2D eigenvalue weighted by Gasteiger charge is -2.27. The van der Waals surface area contributed by atoms with Gasteiger partial charge < -0.3 is 23.6 Å². The molecular formula is C21H21F3N5O8P. The van der Waals surface area contributed by atoms with Gasteiger partial charge in [0.1, 0.15) is 18.1 Å². The van der Waals surface area contributed by atoms with Crippen LogP contribution in [-0.2, 0) is 18.6 Å². The summed E-state index contributed by atoms with van der Waals surface area (Å²) in [5.74, 6) is -4.85. The normalized spacial score (nSPS) is 18.8. The zero-order valence-corrected chi connectivity index (χ0v) is 20.8. The van der Waals surface area contributed by atoms with Crippen molar-refractivity contribution in [3.63, 3.8) is 0 Å². The molecule has 2 aliphatic heterocycles. The number of aromatic nitrogens is 1. The van der Waals surface area contributed by atoms with E-state index in [1.807, 2.05) is 0 Å². The largest absolute Gasteiger partial charge is 0.491 e. The summed E-state index contributed by atoms with van der Waals surface area (Å²) in [6.07, 6.45) is -0.344. The van der Waals surface area contributed by atoms with Crippen LogP contribution >= 0.6 is 7.75 Å². The van der Waals surface area contributed by atoms with Crippen molar-refractivity contribution in [1.82, 2.24) is 10.1 Å². The minimum absolute atomic E-state index is 0.0283. The Balaban J connectivity index is 1.58. The Labute approximate surface area is 213 Å². The smallest absolute Gasteiger partial charge is 0.442 e. The standard InChI is InChI=1S/C21H21F3N5O8P/c1-26(2)20(31)37-38(33,34)29(16-5-8-35-25-16)11-13-10-28(21(32)36-13)15-9-14(22)19(18(24)17(15)23)27-6-3-12(30)4-7-27/h3,5-6,8-9,13H,4,7,10-11H2,1-2H3,(H,33,34). The number of cyclic esters (lactones) is 1. The van der Waals surface area contributed by atoms with Crippen molar-refractivity contribution >= 4 is 42.9 Å². The molecule has 4 rings (SSSR count). The van der Waals surface area contributed by atoms with E-state index < -0.39 is 68.0 Å². The van der Waals surface area contributed by atoms with Crippen molar-refractivity contribution in [1.29, 1.82) is 0 Å². The van der Waals surface area contributed by atoms with Gasteiger partial charge in [0.25, 0.3) is 0 Å². The van der Waals surface area contributed by atoms with E-state index in [0.717, 1.165) is 28.3 Å².